The first-order valence-electron chi connectivity index (χ1n) is 8.80. The largest absolute Gasteiger partial charge is 0.352 e. The number of amides is 1. The van der Waals surface area contributed by atoms with Crippen molar-refractivity contribution in [2.75, 3.05) is 13.1 Å². The van der Waals surface area contributed by atoms with Gasteiger partial charge in [-0.15, -0.1) is 11.3 Å². The molecule has 146 valence electrons. The summed E-state index contributed by atoms with van der Waals surface area (Å²) in [6.45, 7) is 4.96. The molecule has 0 spiro atoms. The summed E-state index contributed by atoms with van der Waals surface area (Å²) in [6.07, 6.45) is 1.34. The Kier molecular flexibility index (Phi) is 6.10. The zero-order valence-electron chi connectivity index (χ0n) is 15.4. The second kappa shape index (κ2) is 8.03. The van der Waals surface area contributed by atoms with Crippen molar-refractivity contribution in [3.8, 4) is 0 Å². The lowest BCUT2D eigenvalue weighted by atomic mass is 9.82. The Labute approximate surface area is 173 Å². The Morgan fingerprint density at radius 3 is 2.59 bits per heavy atom. The van der Waals surface area contributed by atoms with Crippen LogP contribution in [0.1, 0.15) is 30.9 Å². The minimum Gasteiger partial charge on any atom is -0.352 e. The van der Waals surface area contributed by atoms with Crippen LogP contribution in [-0.4, -0.2) is 31.7 Å². The molecule has 2 aromatic rings. The maximum Gasteiger partial charge on any atom is 0.252 e. The third-order valence-corrected chi connectivity index (χ3v) is 8.86. The van der Waals surface area contributed by atoms with Crippen LogP contribution in [-0.2, 0) is 21.4 Å². The fraction of sp³-hybridized carbons (Fsp3) is 0.421. The summed E-state index contributed by atoms with van der Waals surface area (Å²) in [6, 6.07) is 11.3. The van der Waals surface area contributed by atoms with Gasteiger partial charge in [-0.25, -0.2) is 8.42 Å². The van der Waals surface area contributed by atoms with Crippen molar-refractivity contribution in [2.45, 2.75) is 37.4 Å². The number of carbonyl (C=O) groups excluding carboxylic acids is 1. The normalized spacial score (nSPS) is 21.1. The fourth-order valence-electron chi connectivity index (χ4n) is 3.25. The molecule has 1 amide bonds. The highest BCUT2D eigenvalue weighted by molar-refractivity contribution is 9.11. The Hall–Kier alpha value is -1.22. The van der Waals surface area contributed by atoms with Crippen molar-refractivity contribution >= 4 is 43.2 Å². The number of hydrogen-bond acceptors (Lipinski definition) is 4. The summed E-state index contributed by atoms with van der Waals surface area (Å²) in [4.78, 5) is 12.8. The van der Waals surface area contributed by atoms with E-state index in [-0.39, 0.29) is 12.5 Å². The van der Waals surface area contributed by atoms with Crippen LogP contribution in [0.4, 0.5) is 0 Å². The van der Waals surface area contributed by atoms with E-state index in [1.165, 1.54) is 21.2 Å². The Bertz CT molecular complexity index is 925. The summed E-state index contributed by atoms with van der Waals surface area (Å²) in [7, 11) is -3.58. The molecular weight excluding hydrogens is 448 g/mol. The summed E-state index contributed by atoms with van der Waals surface area (Å²) in [5.41, 5.74) is 1.47. The Balaban J connectivity index is 1.69. The zero-order valence-corrected chi connectivity index (χ0v) is 18.6. The molecule has 2 heterocycles. The van der Waals surface area contributed by atoms with E-state index in [9.17, 15) is 13.2 Å². The molecule has 0 unspecified atom stereocenters. The van der Waals surface area contributed by atoms with Crippen LogP contribution in [0.5, 0.6) is 0 Å². The molecule has 1 aromatic heterocycles. The molecule has 0 aliphatic carbocycles. The average molecular weight is 471 g/mol. The van der Waals surface area contributed by atoms with Gasteiger partial charge in [0.05, 0.1) is 9.20 Å². The van der Waals surface area contributed by atoms with Crippen molar-refractivity contribution in [3.05, 3.63) is 51.3 Å². The van der Waals surface area contributed by atoms with Gasteiger partial charge >= 0.3 is 0 Å². The molecule has 0 saturated carbocycles. The molecule has 1 saturated heterocycles. The topological polar surface area (TPSA) is 66.5 Å². The van der Waals surface area contributed by atoms with E-state index < -0.39 is 15.4 Å². The number of halogens is 1. The van der Waals surface area contributed by atoms with Gasteiger partial charge in [-0.3, -0.25) is 4.79 Å². The Morgan fingerprint density at radius 2 is 1.96 bits per heavy atom. The second-order valence-corrected chi connectivity index (χ2v) is 11.9. The van der Waals surface area contributed by atoms with Gasteiger partial charge in [0, 0.05) is 19.6 Å². The number of benzene rings is 1. The van der Waals surface area contributed by atoms with Crippen LogP contribution in [0.25, 0.3) is 0 Å². The lowest BCUT2D eigenvalue weighted by Gasteiger charge is -2.38. The maximum absolute atomic E-state index is 12.9. The smallest absolute Gasteiger partial charge is 0.252 e. The number of carbonyl (C=O) groups is 1. The number of aryl methyl sites for hydroxylation is 1. The number of hydrogen-bond donors (Lipinski definition) is 1. The van der Waals surface area contributed by atoms with Crippen molar-refractivity contribution in [3.63, 3.8) is 0 Å². The average Bonchev–Trinajstić information content (AvgIpc) is 3.08. The van der Waals surface area contributed by atoms with Gasteiger partial charge in [-0.1, -0.05) is 29.8 Å². The molecule has 27 heavy (non-hydrogen) atoms. The van der Waals surface area contributed by atoms with Gasteiger partial charge in [-0.05, 0) is 60.3 Å². The van der Waals surface area contributed by atoms with Crippen LogP contribution in [0, 0.1) is 12.3 Å². The number of nitrogens with one attached hydrogen (secondary N) is 1. The summed E-state index contributed by atoms with van der Waals surface area (Å²) >= 11 is 4.50. The van der Waals surface area contributed by atoms with E-state index in [0.717, 1.165) is 9.35 Å². The predicted octanol–water partition coefficient (Wildman–Crippen LogP) is 3.93. The molecule has 0 bridgehead atoms. The van der Waals surface area contributed by atoms with Crippen molar-refractivity contribution in [1.29, 1.82) is 0 Å². The van der Waals surface area contributed by atoms with Crippen LogP contribution in [0.15, 0.2) is 44.4 Å². The lowest BCUT2D eigenvalue weighted by Crippen LogP contribution is -2.51. The summed E-state index contributed by atoms with van der Waals surface area (Å²) in [5, 5.41) is 2.98. The van der Waals surface area contributed by atoms with E-state index >= 15 is 0 Å². The highest BCUT2D eigenvalue weighted by Crippen LogP contribution is 2.35. The first-order chi connectivity index (χ1) is 12.7. The number of piperidine rings is 1. The molecular formula is C19H23BrN2O3S2. The van der Waals surface area contributed by atoms with Crippen LogP contribution in [0.2, 0.25) is 0 Å². The van der Waals surface area contributed by atoms with Gasteiger partial charge in [0.2, 0.25) is 5.91 Å². The van der Waals surface area contributed by atoms with Crippen LogP contribution < -0.4 is 5.32 Å². The van der Waals surface area contributed by atoms with Crippen LogP contribution in [0.3, 0.4) is 0 Å². The van der Waals surface area contributed by atoms with Gasteiger partial charge in [0.15, 0.2) is 0 Å². The Morgan fingerprint density at radius 1 is 1.26 bits per heavy atom. The van der Waals surface area contributed by atoms with Crippen molar-refractivity contribution < 1.29 is 13.2 Å². The van der Waals surface area contributed by atoms with E-state index in [0.29, 0.717) is 30.1 Å². The quantitative estimate of drug-likeness (QED) is 0.719. The number of rotatable bonds is 5. The van der Waals surface area contributed by atoms with Gasteiger partial charge in [0.25, 0.3) is 10.0 Å². The van der Waals surface area contributed by atoms with E-state index in [4.69, 9.17) is 0 Å². The predicted molar refractivity (Wildman–Crippen MR) is 111 cm³/mol. The van der Waals surface area contributed by atoms with Gasteiger partial charge < -0.3 is 5.32 Å². The second-order valence-electron chi connectivity index (χ2n) is 7.23. The molecule has 1 atom stereocenters. The van der Waals surface area contributed by atoms with Crippen LogP contribution >= 0.6 is 27.3 Å². The lowest BCUT2D eigenvalue weighted by molar-refractivity contribution is -0.132. The molecule has 0 radical (unpaired) electrons. The molecule has 1 aromatic carbocycles. The minimum absolute atomic E-state index is 0.102. The molecule has 3 rings (SSSR count). The molecule has 5 nitrogen and oxygen atoms in total. The SMILES string of the molecule is Cc1ccc(CNC(=O)[C@]2(C)CCCN(S(=O)(=O)c3ccc(Br)s3)C2)cc1. The zero-order chi connectivity index (χ0) is 19.7. The standard InChI is InChI=1S/C19H23BrN2O3S2/c1-14-4-6-15(7-5-14)12-21-18(23)19(2)10-3-11-22(13-19)27(24,25)17-9-8-16(20)26-17/h4-9H,3,10-13H2,1-2H3,(H,21,23)/t19-/m1/s1. The maximum atomic E-state index is 12.9. The summed E-state index contributed by atoms with van der Waals surface area (Å²) < 4.78 is 28.3. The number of nitrogens with zero attached hydrogens (tertiary/aromatic N) is 1. The highest BCUT2D eigenvalue weighted by Gasteiger charge is 2.42. The summed E-state index contributed by atoms with van der Waals surface area (Å²) in [5.74, 6) is -0.102. The number of thiophene rings is 1. The molecule has 8 heteroatoms. The van der Waals surface area contributed by atoms with E-state index in [1.54, 1.807) is 12.1 Å². The first-order valence-corrected chi connectivity index (χ1v) is 11.8. The fourth-order valence-corrected chi connectivity index (χ4v) is 7.02. The molecule has 1 N–H and O–H groups in total. The van der Waals surface area contributed by atoms with Gasteiger partial charge in [0.1, 0.15) is 4.21 Å². The van der Waals surface area contributed by atoms with Gasteiger partial charge in [-0.2, -0.15) is 4.31 Å². The third-order valence-electron chi connectivity index (χ3n) is 4.93. The molecule has 1 fully saturated rings. The number of sulfonamides is 1. The minimum atomic E-state index is -3.58. The van der Waals surface area contributed by atoms with Crippen molar-refractivity contribution in [1.82, 2.24) is 9.62 Å². The molecule has 1 aliphatic rings. The monoisotopic (exact) mass is 470 g/mol. The molecule has 1 aliphatic heterocycles. The van der Waals surface area contributed by atoms with E-state index in [2.05, 4.69) is 21.2 Å². The van der Waals surface area contributed by atoms with E-state index in [1.807, 2.05) is 38.1 Å². The first kappa shape index (κ1) is 20.5. The third kappa shape index (κ3) is 4.62. The van der Waals surface area contributed by atoms with Crippen molar-refractivity contribution in [2.24, 2.45) is 5.41 Å². The highest BCUT2D eigenvalue weighted by atomic mass is 79.9.